The first-order valence-electron chi connectivity index (χ1n) is 7.18. The van der Waals surface area contributed by atoms with Crippen LogP contribution in [0, 0.1) is 5.92 Å². The van der Waals surface area contributed by atoms with Crippen LogP contribution in [0.5, 0.6) is 0 Å². The summed E-state index contributed by atoms with van der Waals surface area (Å²) in [5.74, 6) is 0.763. The Labute approximate surface area is 115 Å². The number of ether oxygens (including phenoxy) is 1. The molecule has 1 aromatic rings. The summed E-state index contributed by atoms with van der Waals surface area (Å²) in [6.45, 7) is 6.19. The lowest BCUT2D eigenvalue weighted by Crippen LogP contribution is -2.39. The van der Waals surface area contributed by atoms with E-state index in [1.165, 1.54) is 25.1 Å². The zero-order chi connectivity index (χ0) is 13.5. The van der Waals surface area contributed by atoms with Gasteiger partial charge in [-0.25, -0.2) is 0 Å². The number of rotatable bonds is 7. The molecule has 1 aliphatic rings. The van der Waals surface area contributed by atoms with Crippen molar-refractivity contribution in [3.05, 3.63) is 18.0 Å². The predicted octanol–water partition coefficient (Wildman–Crippen LogP) is 0.868. The molecule has 1 saturated heterocycles. The maximum Gasteiger partial charge on any atom is 0.0589 e. The average molecular weight is 266 g/mol. The lowest BCUT2D eigenvalue weighted by atomic mass is 9.99. The number of nitrogens with zero attached hydrogens (tertiary/aromatic N) is 3. The number of piperidine rings is 1. The molecule has 0 amide bonds. The Morgan fingerprint density at radius 2 is 2.47 bits per heavy atom. The molecule has 0 aliphatic carbocycles. The molecule has 0 bridgehead atoms. The van der Waals surface area contributed by atoms with Gasteiger partial charge in [-0.3, -0.25) is 9.58 Å². The number of aromatic nitrogens is 2. The van der Waals surface area contributed by atoms with Gasteiger partial charge >= 0.3 is 0 Å². The first kappa shape index (κ1) is 14.5. The third-order valence-electron chi connectivity index (χ3n) is 3.84. The molecule has 1 atom stereocenters. The molecule has 5 heteroatoms. The summed E-state index contributed by atoms with van der Waals surface area (Å²) in [6, 6.07) is 2.10. The topological polar surface area (TPSA) is 42.3 Å². The molecule has 0 radical (unpaired) electrons. The first-order valence-corrected chi connectivity index (χ1v) is 7.18. The fraction of sp³-hybridized carbons (Fsp3) is 0.786. The number of hydrogen-bond acceptors (Lipinski definition) is 4. The normalized spacial score (nSPS) is 20.1. The van der Waals surface area contributed by atoms with Crippen LogP contribution in [0.25, 0.3) is 0 Å². The lowest BCUT2D eigenvalue weighted by molar-refractivity contribution is 0.125. The average Bonchev–Trinajstić information content (AvgIpc) is 2.83. The summed E-state index contributed by atoms with van der Waals surface area (Å²) >= 11 is 0. The Morgan fingerprint density at radius 1 is 1.58 bits per heavy atom. The predicted molar refractivity (Wildman–Crippen MR) is 76.0 cm³/mol. The quantitative estimate of drug-likeness (QED) is 0.795. The van der Waals surface area contributed by atoms with Crippen LogP contribution in [0.4, 0.5) is 0 Å². The minimum absolute atomic E-state index is 0.763. The molecule has 1 aliphatic heterocycles. The highest BCUT2D eigenvalue weighted by atomic mass is 16.5. The van der Waals surface area contributed by atoms with E-state index in [2.05, 4.69) is 21.4 Å². The van der Waals surface area contributed by atoms with Gasteiger partial charge in [0.2, 0.25) is 0 Å². The van der Waals surface area contributed by atoms with Crippen LogP contribution < -0.4 is 5.32 Å². The fourth-order valence-electron chi connectivity index (χ4n) is 2.69. The van der Waals surface area contributed by atoms with E-state index in [0.717, 1.165) is 38.7 Å². The number of hydrogen-bond donors (Lipinski definition) is 1. The van der Waals surface area contributed by atoms with Crippen molar-refractivity contribution in [2.45, 2.75) is 19.4 Å². The van der Waals surface area contributed by atoms with Crippen LogP contribution in [0.1, 0.15) is 18.5 Å². The van der Waals surface area contributed by atoms with Crippen LogP contribution >= 0.6 is 0 Å². The molecule has 19 heavy (non-hydrogen) atoms. The molecule has 5 nitrogen and oxygen atoms in total. The molecule has 2 heterocycles. The highest BCUT2D eigenvalue weighted by Crippen LogP contribution is 2.13. The van der Waals surface area contributed by atoms with Crippen LogP contribution in [0.15, 0.2) is 12.3 Å². The third kappa shape index (κ3) is 4.60. The Kier molecular flexibility index (Phi) is 5.82. The molecule has 1 fully saturated rings. The van der Waals surface area contributed by atoms with E-state index in [4.69, 9.17) is 4.74 Å². The summed E-state index contributed by atoms with van der Waals surface area (Å²) in [5.41, 5.74) is 1.26. The van der Waals surface area contributed by atoms with Gasteiger partial charge in [-0.15, -0.1) is 0 Å². The third-order valence-corrected chi connectivity index (χ3v) is 3.84. The second-order valence-electron chi connectivity index (χ2n) is 5.39. The van der Waals surface area contributed by atoms with Crippen molar-refractivity contribution < 1.29 is 4.74 Å². The molecule has 0 saturated carbocycles. The molecule has 108 valence electrons. The zero-order valence-corrected chi connectivity index (χ0v) is 12.1. The van der Waals surface area contributed by atoms with Crippen molar-refractivity contribution in [3.8, 4) is 0 Å². The summed E-state index contributed by atoms with van der Waals surface area (Å²) in [7, 11) is 3.77. The Hall–Kier alpha value is -0.910. The SMILES string of the molecule is COCCN(Cc1ccnn1C)CC1CCCNC1. The van der Waals surface area contributed by atoms with Gasteiger partial charge in [-0.2, -0.15) is 5.10 Å². The second-order valence-corrected chi connectivity index (χ2v) is 5.39. The maximum atomic E-state index is 5.23. The number of aryl methyl sites for hydroxylation is 1. The van der Waals surface area contributed by atoms with E-state index in [0.29, 0.717) is 0 Å². The zero-order valence-electron chi connectivity index (χ0n) is 12.1. The molecule has 2 rings (SSSR count). The van der Waals surface area contributed by atoms with Crippen molar-refractivity contribution in [2.24, 2.45) is 13.0 Å². The second kappa shape index (κ2) is 7.62. The summed E-state index contributed by atoms with van der Waals surface area (Å²) in [6.07, 6.45) is 4.50. The summed E-state index contributed by atoms with van der Waals surface area (Å²) < 4.78 is 7.19. The van der Waals surface area contributed by atoms with Crippen LogP contribution in [0.3, 0.4) is 0 Å². The molecule has 1 N–H and O–H groups in total. The van der Waals surface area contributed by atoms with E-state index in [-0.39, 0.29) is 0 Å². The molecule has 1 unspecified atom stereocenters. The van der Waals surface area contributed by atoms with Gasteiger partial charge in [0.1, 0.15) is 0 Å². The molecule has 1 aromatic heterocycles. The van der Waals surface area contributed by atoms with Crippen molar-refractivity contribution in [3.63, 3.8) is 0 Å². The number of methoxy groups -OCH3 is 1. The minimum atomic E-state index is 0.763. The van der Waals surface area contributed by atoms with Crippen LogP contribution in [-0.2, 0) is 18.3 Å². The van der Waals surface area contributed by atoms with E-state index >= 15 is 0 Å². The van der Waals surface area contributed by atoms with Gasteiger partial charge < -0.3 is 10.1 Å². The molecular weight excluding hydrogens is 240 g/mol. The Balaban J connectivity index is 1.88. The largest absolute Gasteiger partial charge is 0.383 e. The van der Waals surface area contributed by atoms with E-state index in [1.54, 1.807) is 7.11 Å². The van der Waals surface area contributed by atoms with Crippen molar-refractivity contribution >= 4 is 0 Å². The Bertz CT molecular complexity index is 360. The van der Waals surface area contributed by atoms with E-state index in [9.17, 15) is 0 Å². The van der Waals surface area contributed by atoms with Gasteiger partial charge in [0.05, 0.1) is 12.3 Å². The van der Waals surface area contributed by atoms with Crippen LogP contribution in [0.2, 0.25) is 0 Å². The summed E-state index contributed by atoms with van der Waals surface area (Å²) in [4.78, 5) is 2.48. The monoisotopic (exact) mass is 266 g/mol. The van der Waals surface area contributed by atoms with Gasteiger partial charge in [0.15, 0.2) is 0 Å². The van der Waals surface area contributed by atoms with Crippen LogP contribution in [-0.4, -0.2) is 54.6 Å². The number of nitrogens with one attached hydrogen (secondary N) is 1. The highest BCUT2D eigenvalue weighted by molar-refractivity contribution is 4.99. The van der Waals surface area contributed by atoms with Gasteiger partial charge in [0.25, 0.3) is 0 Å². The van der Waals surface area contributed by atoms with Gasteiger partial charge in [-0.05, 0) is 37.9 Å². The van der Waals surface area contributed by atoms with E-state index in [1.807, 2.05) is 17.9 Å². The van der Waals surface area contributed by atoms with Crippen molar-refractivity contribution in [1.29, 1.82) is 0 Å². The molecule has 0 aromatic carbocycles. The molecule has 0 spiro atoms. The fourth-order valence-corrected chi connectivity index (χ4v) is 2.69. The Morgan fingerprint density at radius 3 is 3.11 bits per heavy atom. The van der Waals surface area contributed by atoms with E-state index < -0.39 is 0 Å². The van der Waals surface area contributed by atoms with Gasteiger partial charge in [0, 0.05) is 40.0 Å². The molecular formula is C14H26N4O. The smallest absolute Gasteiger partial charge is 0.0589 e. The standard InChI is InChI=1S/C14H26N4O/c1-17-14(5-7-16-17)12-18(8-9-19-2)11-13-4-3-6-15-10-13/h5,7,13,15H,3-4,6,8-12H2,1-2H3. The minimum Gasteiger partial charge on any atom is -0.383 e. The highest BCUT2D eigenvalue weighted by Gasteiger charge is 2.17. The lowest BCUT2D eigenvalue weighted by Gasteiger charge is -2.30. The summed E-state index contributed by atoms with van der Waals surface area (Å²) in [5, 5.41) is 7.73. The van der Waals surface area contributed by atoms with Gasteiger partial charge in [-0.1, -0.05) is 0 Å². The van der Waals surface area contributed by atoms with Crippen molar-refractivity contribution in [1.82, 2.24) is 20.0 Å². The van der Waals surface area contributed by atoms with Crippen molar-refractivity contribution in [2.75, 3.05) is 39.9 Å². The first-order chi connectivity index (χ1) is 9.29. The maximum absolute atomic E-state index is 5.23.